The Balaban J connectivity index is 2.16. The third-order valence-electron chi connectivity index (χ3n) is 2.37. The van der Waals surface area contributed by atoms with E-state index in [4.69, 9.17) is 10.5 Å². The molecule has 0 bridgehead atoms. The molecule has 0 fully saturated rings. The molecule has 2 rings (SSSR count). The molecule has 0 aliphatic heterocycles. The standard InChI is InChI=1S/C12H17N5OS/c1-7(2)18-11-9(13)10(15-6-16-11)17-8(3)12-14-4-5-19-12/h4-8H,13H2,1-3H3,(H,15,16,17). The van der Waals surface area contributed by atoms with Gasteiger partial charge < -0.3 is 15.8 Å². The molecule has 19 heavy (non-hydrogen) atoms. The quantitative estimate of drug-likeness (QED) is 0.874. The first kappa shape index (κ1) is 13.5. The van der Waals surface area contributed by atoms with Crippen LogP contribution in [-0.2, 0) is 0 Å². The predicted molar refractivity (Wildman–Crippen MR) is 76.4 cm³/mol. The largest absolute Gasteiger partial charge is 0.473 e. The summed E-state index contributed by atoms with van der Waals surface area (Å²) in [5.41, 5.74) is 6.42. The molecule has 6 nitrogen and oxygen atoms in total. The van der Waals surface area contributed by atoms with Gasteiger partial charge in [-0.2, -0.15) is 4.98 Å². The number of hydrogen-bond acceptors (Lipinski definition) is 7. The molecule has 7 heteroatoms. The lowest BCUT2D eigenvalue weighted by Gasteiger charge is -2.16. The van der Waals surface area contributed by atoms with Crippen LogP contribution in [-0.4, -0.2) is 21.1 Å². The molecule has 2 aromatic heterocycles. The minimum absolute atomic E-state index is 0.0152. The van der Waals surface area contributed by atoms with Gasteiger partial charge in [-0.3, -0.25) is 0 Å². The average Bonchev–Trinajstić information content (AvgIpc) is 2.87. The molecule has 0 saturated carbocycles. The summed E-state index contributed by atoms with van der Waals surface area (Å²) >= 11 is 1.58. The second-order valence-corrected chi connectivity index (χ2v) is 5.27. The summed E-state index contributed by atoms with van der Waals surface area (Å²) in [6, 6.07) is 0.0316. The maximum absolute atomic E-state index is 6.00. The zero-order chi connectivity index (χ0) is 13.8. The van der Waals surface area contributed by atoms with Crippen LogP contribution in [0.3, 0.4) is 0 Å². The molecule has 102 valence electrons. The van der Waals surface area contributed by atoms with E-state index in [1.54, 1.807) is 17.5 Å². The highest BCUT2D eigenvalue weighted by Gasteiger charge is 2.14. The first-order chi connectivity index (χ1) is 9.08. The molecule has 0 aliphatic carbocycles. The topological polar surface area (TPSA) is 86.0 Å². The molecule has 0 aromatic carbocycles. The number of nitrogens with zero attached hydrogens (tertiary/aromatic N) is 3. The van der Waals surface area contributed by atoms with Gasteiger partial charge in [-0.25, -0.2) is 9.97 Å². The number of ether oxygens (including phenoxy) is 1. The van der Waals surface area contributed by atoms with Gasteiger partial charge in [-0.1, -0.05) is 0 Å². The minimum Gasteiger partial charge on any atom is -0.473 e. The van der Waals surface area contributed by atoms with Crippen LogP contribution in [0.15, 0.2) is 17.9 Å². The smallest absolute Gasteiger partial charge is 0.242 e. The zero-order valence-corrected chi connectivity index (χ0v) is 11.9. The fraction of sp³-hybridized carbons (Fsp3) is 0.417. The molecule has 1 atom stereocenters. The molecule has 1 unspecified atom stereocenters. The number of anilines is 2. The van der Waals surface area contributed by atoms with Crippen LogP contribution in [0.1, 0.15) is 31.8 Å². The highest BCUT2D eigenvalue weighted by molar-refractivity contribution is 7.09. The maximum Gasteiger partial charge on any atom is 0.242 e. The Hall–Kier alpha value is -1.89. The van der Waals surface area contributed by atoms with Gasteiger partial charge in [0.05, 0.1) is 12.1 Å². The van der Waals surface area contributed by atoms with Gasteiger partial charge in [-0.15, -0.1) is 11.3 Å². The molecular formula is C12H17N5OS. The van der Waals surface area contributed by atoms with Crippen molar-refractivity contribution in [1.82, 2.24) is 15.0 Å². The molecular weight excluding hydrogens is 262 g/mol. The van der Waals surface area contributed by atoms with E-state index in [1.807, 2.05) is 26.2 Å². The second kappa shape index (κ2) is 5.83. The molecule has 0 spiro atoms. The van der Waals surface area contributed by atoms with E-state index in [0.717, 1.165) is 5.01 Å². The van der Waals surface area contributed by atoms with Crippen LogP contribution in [0.5, 0.6) is 5.88 Å². The summed E-state index contributed by atoms with van der Waals surface area (Å²) in [6.45, 7) is 5.85. The molecule has 2 heterocycles. The first-order valence-electron chi connectivity index (χ1n) is 6.01. The number of hydrogen-bond donors (Lipinski definition) is 2. The van der Waals surface area contributed by atoms with Gasteiger partial charge in [0.15, 0.2) is 5.82 Å². The van der Waals surface area contributed by atoms with Crippen LogP contribution in [0, 0.1) is 0 Å². The SMILES string of the molecule is CC(C)Oc1ncnc(NC(C)c2nccs2)c1N. The van der Waals surface area contributed by atoms with Crippen molar-refractivity contribution in [2.45, 2.75) is 32.9 Å². The van der Waals surface area contributed by atoms with E-state index in [-0.39, 0.29) is 12.1 Å². The number of rotatable bonds is 5. The molecule has 2 aromatic rings. The Bertz CT molecular complexity index is 529. The number of nitrogens with two attached hydrogens (primary N) is 1. The van der Waals surface area contributed by atoms with Crippen molar-refractivity contribution in [1.29, 1.82) is 0 Å². The Morgan fingerprint density at radius 2 is 2.05 bits per heavy atom. The Kier molecular flexibility index (Phi) is 4.16. The Labute approximate surface area is 116 Å². The van der Waals surface area contributed by atoms with Gasteiger partial charge in [0.2, 0.25) is 5.88 Å². The van der Waals surface area contributed by atoms with E-state index in [9.17, 15) is 0 Å². The van der Waals surface area contributed by atoms with Crippen LogP contribution in [0.4, 0.5) is 11.5 Å². The molecule has 0 amide bonds. The van der Waals surface area contributed by atoms with E-state index in [0.29, 0.717) is 17.4 Å². The summed E-state index contributed by atoms with van der Waals surface area (Å²) < 4.78 is 5.53. The van der Waals surface area contributed by atoms with Crippen molar-refractivity contribution in [2.75, 3.05) is 11.1 Å². The van der Waals surface area contributed by atoms with E-state index >= 15 is 0 Å². The van der Waals surface area contributed by atoms with E-state index in [1.165, 1.54) is 6.33 Å². The normalized spacial score (nSPS) is 12.4. The van der Waals surface area contributed by atoms with Gasteiger partial charge >= 0.3 is 0 Å². The van der Waals surface area contributed by atoms with E-state index in [2.05, 4.69) is 20.3 Å². The number of nitrogen functional groups attached to an aromatic ring is 1. The molecule has 0 radical (unpaired) electrons. The lowest BCUT2D eigenvalue weighted by atomic mass is 10.3. The Morgan fingerprint density at radius 3 is 2.68 bits per heavy atom. The minimum atomic E-state index is 0.0152. The highest BCUT2D eigenvalue weighted by Crippen LogP contribution is 2.28. The number of thiazole rings is 1. The summed E-state index contributed by atoms with van der Waals surface area (Å²) in [6.07, 6.45) is 3.22. The van der Waals surface area contributed by atoms with E-state index < -0.39 is 0 Å². The monoisotopic (exact) mass is 279 g/mol. The summed E-state index contributed by atoms with van der Waals surface area (Å²) in [4.78, 5) is 12.4. The Morgan fingerprint density at radius 1 is 1.26 bits per heavy atom. The van der Waals surface area contributed by atoms with Crippen LogP contribution in [0.2, 0.25) is 0 Å². The lowest BCUT2D eigenvalue weighted by molar-refractivity contribution is 0.234. The molecule has 0 saturated heterocycles. The van der Waals surface area contributed by atoms with Gasteiger partial charge in [-0.05, 0) is 20.8 Å². The summed E-state index contributed by atoms with van der Waals surface area (Å²) in [5.74, 6) is 0.965. The van der Waals surface area contributed by atoms with Crippen molar-refractivity contribution < 1.29 is 4.74 Å². The van der Waals surface area contributed by atoms with Gasteiger partial charge in [0.25, 0.3) is 0 Å². The van der Waals surface area contributed by atoms with Crippen molar-refractivity contribution >= 4 is 22.8 Å². The first-order valence-corrected chi connectivity index (χ1v) is 6.89. The van der Waals surface area contributed by atoms with Gasteiger partial charge in [0, 0.05) is 11.6 Å². The summed E-state index contributed by atoms with van der Waals surface area (Å²) in [5, 5.41) is 6.13. The second-order valence-electron chi connectivity index (χ2n) is 4.34. The van der Waals surface area contributed by atoms with Crippen molar-refractivity contribution in [3.63, 3.8) is 0 Å². The zero-order valence-electron chi connectivity index (χ0n) is 11.1. The van der Waals surface area contributed by atoms with Crippen molar-refractivity contribution in [3.05, 3.63) is 22.9 Å². The number of nitrogens with one attached hydrogen (secondary N) is 1. The number of aromatic nitrogens is 3. The fourth-order valence-electron chi connectivity index (χ4n) is 1.53. The fourth-order valence-corrected chi connectivity index (χ4v) is 2.17. The van der Waals surface area contributed by atoms with Gasteiger partial charge in [0.1, 0.15) is 17.0 Å². The van der Waals surface area contributed by atoms with Crippen molar-refractivity contribution in [2.24, 2.45) is 0 Å². The third-order valence-corrected chi connectivity index (χ3v) is 3.33. The van der Waals surface area contributed by atoms with Crippen LogP contribution < -0.4 is 15.8 Å². The van der Waals surface area contributed by atoms with Crippen LogP contribution in [0.25, 0.3) is 0 Å². The third kappa shape index (κ3) is 3.31. The van der Waals surface area contributed by atoms with Crippen LogP contribution >= 0.6 is 11.3 Å². The lowest BCUT2D eigenvalue weighted by Crippen LogP contribution is -2.13. The average molecular weight is 279 g/mol. The predicted octanol–water partition coefficient (Wildman–Crippen LogP) is 2.48. The molecule has 3 N–H and O–H groups in total. The highest BCUT2D eigenvalue weighted by atomic mass is 32.1. The van der Waals surface area contributed by atoms with Crippen molar-refractivity contribution in [3.8, 4) is 5.88 Å². The maximum atomic E-state index is 6.00. The summed E-state index contributed by atoms with van der Waals surface area (Å²) in [7, 11) is 0. The molecule has 0 aliphatic rings.